The van der Waals surface area contributed by atoms with Crippen LogP contribution in [0.3, 0.4) is 0 Å². The highest BCUT2D eigenvalue weighted by Crippen LogP contribution is 2.47. The summed E-state index contributed by atoms with van der Waals surface area (Å²) in [6.45, 7) is 0.335. The van der Waals surface area contributed by atoms with E-state index in [9.17, 15) is 9.59 Å². The van der Waals surface area contributed by atoms with Gasteiger partial charge in [0, 0.05) is 13.7 Å². The summed E-state index contributed by atoms with van der Waals surface area (Å²) in [5, 5.41) is 16.7. The van der Waals surface area contributed by atoms with Gasteiger partial charge < -0.3 is 19.3 Å². The molecule has 0 saturated heterocycles. The lowest BCUT2D eigenvalue weighted by Crippen LogP contribution is -2.10. The van der Waals surface area contributed by atoms with Gasteiger partial charge in [0.2, 0.25) is 7.51 Å². The molecule has 98 valence electrons. The van der Waals surface area contributed by atoms with Gasteiger partial charge in [-0.25, -0.2) is 9.59 Å². The predicted octanol–water partition coefficient (Wildman–Crippen LogP) is 1.75. The van der Waals surface area contributed by atoms with E-state index < -0.39 is 32.7 Å². The first-order valence-corrected chi connectivity index (χ1v) is 5.62. The van der Waals surface area contributed by atoms with Gasteiger partial charge in [-0.3, -0.25) is 4.74 Å². The molecule has 0 aromatic heterocycles. The van der Waals surface area contributed by atoms with Crippen LogP contribution in [0.25, 0.3) is 0 Å². The van der Waals surface area contributed by atoms with Crippen molar-refractivity contribution in [3.8, 4) is 0 Å². The van der Waals surface area contributed by atoms with Gasteiger partial charge in [0.15, 0.2) is 13.2 Å². The first-order valence-electron chi connectivity index (χ1n) is 3.60. The van der Waals surface area contributed by atoms with E-state index in [1.54, 1.807) is 0 Å². The van der Waals surface area contributed by atoms with E-state index in [1.165, 1.54) is 13.7 Å². The minimum Gasteiger partial charge on any atom is -0.480 e. The van der Waals surface area contributed by atoms with Crippen molar-refractivity contribution in [2.75, 3.05) is 26.9 Å². The van der Waals surface area contributed by atoms with Crippen molar-refractivity contribution in [2.24, 2.45) is 4.74 Å². The van der Waals surface area contributed by atoms with Crippen molar-refractivity contribution < 1.29 is 28.8 Å². The van der Waals surface area contributed by atoms with Crippen LogP contribution in [0.1, 0.15) is 14.9 Å². The largest absolute Gasteiger partial charge is 0.480 e. The van der Waals surface area contributed by atoms with E-state index in [0.717, 1.165) is 0 Å². The lowest BCUT2D eigenvalue weighted by Gasteiger charge is -2.17. The Morgan fingerprint density at radius 2 is 1.44 bits per heavy atom. The molecule has 0 fully saturated rings. The summed E-state index contributed by atoms with van der Waals surface area (Å²) < 4.78 is 13.4. The summed E-state index contributed by atoms with van der Waals surface area (Å²) in [6, 6.07) is 0. The number of nitrogens with zero attached hydrogens (tertiary/aromatic N) is 1. The smallest absolute Gasteiger partial charge is 0.330 e. The summed E-state index contributed by atoms with van der Waals surface area (Å²) in [6.07, 6.45) is 0. The van der Waals surface area contributed by atoms with Crippen LogP contribution in [0.4, 0.5) is 0 Å². The lowest BCUT2D eigenvalue weighted by atomic mass is 10.8. The van der Waals surface area contributed by atoms with Crippen molar-refractivity contribution in [3.63, 3.8) is 0 Å². The third-order valence-electron chi connectivity index (χ3n) is 1.22. The molecular weight excluding hydrogens is 237 g/mol. The van der Waals surface area contributed by atoms with Gasteiger partial charge in [0.05, 0.1) is 0 Å². The maximum atomic E-state index is 10.2. The molecule has 0 aromatic carbocycles. The van der Waals surface area contributed by atoms with E-state index >= 15 is 0 Å². The standard InChI is InChI=1S/C6H12NO6P.2CH4/c1-7-14(2,12-3-5(8)9)13-4-6(10)11;;/h3-4H2,1-2H3,(H,8,9)(H,10,11);2*1H4. The molecule has 0 aliphatic rings. The Bertz CT molecular complexity index is 256. The molecule has 0 heterocycles. The Labute approximate surface area is 95.6 Å². The summed E-state index contributed by atoms with van der Waals surface area (Å²) in [4.78, 5) is 20.4. The zero-order chi connectivity index (χ0) is 11.2. The number of carboxylic acids is 2. The third-order valence-corrected chi connectivity index (χ3v) is 3.16. The molecule has 0 aromatic rings. The molecule has 0 spiro atoms. The van der Waals surface area contributed by atoms with E-state index in [0.29, 0.717) is 0 Å². The first kappa shape index (κ1) is 20.5. The normalized spacial score (nSPS) is 9.62. The number of carbonyl (C=O) groups is 2. The molecular formula is C8H20NO6P. The van der Waals surface area contributed by atoms with Gasteiger partial charge in [-0.1, -0.05) is 14.9 Å². The number of rotatable bonds is 6. The Balaban J connectivity index is -0.000000845. The predicted molar refractivity (Wildman–Crippen MR) is 61.8 cm³/mol. The maximum Gasteiger partial charge on any atom is 0.330 e. The lowest BCUT2D eigenvalue weighted by molar-refractivity contribution is -0.139. The maximum absolute atomic E-state index is 10.2. The Morgan fingerprint density at radius 3 is 1.62 bits per heavy atom. The number of carboxylic acid groups (broad SMARTS) is 2. The third kappa shape index (κ3) is 9.64. The van der Waals surface area contributed by atoms with Gasteiger partial charge in [0.25, 0.3) is 0 Å². The molecule has 0 aliphatic heterocycles. The molecule has 0 bridgehead atoms. The summed E-state index contributed by atoms with van der Waals surface area (Å²) in [5.41, 5.74) is 0. The fourth-order valence-corrected chi connectivity index (χ4v) is 1.51. The summed E-state index contributed by atoms with van der Waals surface area (Å²) in [5.74, 6) is -2.31. The Hall–Kier alpha value is -0.910. The van der Waals surface area contributed by atoms with E-state index in [2.05, 4.69) is 4.74 Å². The van der Waals surface area contributed by atoms with E-state index in [1.807, 2.05) is 0 Å². The van der Waals surface area contributed by atoms with Crippen LogP contribution < -0.4 is 0 Å². The summed E-state index contributed by atoms with van der Waals surface area (Å²) in [7, 11) is -1.31. The molecule has 0 rings (SSSR count). The topological polar surface area (TPSA) is 105 Å². The van der Waals surface area contributed by atoms with Crippen molar-refractivity contribution in [1.82, 2.24) is 0 Å². The minimum atomic E-state index is -2.69. The molecule has 7 nitrogen and oxygen atoms in total. The van der Waals surface area contributed by atoms with Gasteiger partial charge in [-0.05, 0) is 0 Å². The fraction of sp³-hybridized carbons (Fsp3) is 0.750. The van der Waals surface area contributed by atoms with Gasteiger partial charge in [-0.2, -0.15) is 0 Å². The van der Waals surface area contributed by atoms with Crippen LogP contribution in [-0.4, -0.2) is 49.1 Å². The van der Waals surface area contributed by atoms with Crippen molar-refractivity contribution in [1.29, 1.82) is 0 Å². The molecule has 8 heteroatoms. The molecule has 0 radical (unpaired) electrons. The monoisotopic (exact) mass is 257 g/mol. The highest BCUT2D eigenvalue weighted by atomic mass is 31.2. The van der Waals surface area contributed by atoms with Crippen molar-refractivity contribution in [3.05, 3.63) is 0 Å². The second-order valence-electron chi connectivity index (χ2n) is 2.34. The Morgan fingerprint density at radius 1 is 1.12 bits per heavy atom. The van der Waals surface area contributed by atoms with Gasteiger partial charge in [-0.15, -0.1) is 0 Å². The molecule has 0 aliphatic carbocycles. The van der Waals surface area contributed by atoms with Crippen molar-refractivity contribution in [2.45, 2.75) is 14.9 Å². The molecule has 2 N–H and O–H groups in total. The van der Waals surface area contributed by atoms with Crippen LogP contribution in [0.2, 0.25) is 0 Å². The zero-order valence-corrected chi connectivity index (χ0v) is 8.73. The fourth-order valence-electron chi connectivity index (χ4n) is 0.503. The average Bonchev–Trinajstić information content (AvgIpc) is 2.11. The van der Waals surface area contributed by atoms with Crippen LogP contribution in [0, 0.1) is 0 Å². The second-order valence-corrected chi connectivity index (χ2v) is 4.86. The number of hydrogen-bond acceptors (Lipinski definition) is 5. The number of hydrogen-bond donors (Lipinski definition) is 2. The molecule has 0 unspecified atom stereocenters. The quantitative estimate of drug-likeness (QED) is 0.702. The minimum absolute atomic E-state index is 0. The zero-order valence-electron chi connectivity index (χ0n) is 7.84. The van der Waals surface area contributed by atoms with Gasteiger partial charge in [0.1, 0.15) is 0 Å². The number of aliphatic carboxylic acids is 2. The highest BCUT2D eigenvalue weighted by molar-refractivity contribution is 7.55. The summed E-state index contributed by atoms with van der Waals surface area (Å²) >= 11 is 0. The molecule has 16 heavy (non-hydrogen) atoms. The SMILES string of the molecule is C.C.CN=P(C)(OCC(=O)O)OCC(=O)O. The van der Waals surface area contributed by atoms with E-state index in [4.69, 9.17) is 19.3 Å². The Kier molecular flexibility index (Phi) is 11.9. The molecule has 0 atom stereocenters. The molecule has 0 amide bonds. The highest BCUT2D eigenvalue weighted by Gasteiger charge is 2.16. The second kappa shape index (κ2) is 9.33. The van der Waals surface area contributed by atoms with E-state index in [-0.39, 0.29) is 14.9 Å². The van der Waals surface area contributed by atoms with Crippen LogP contribution in [0.15, 0.2) is 4.74 Å². The molecule has 0 saturated carbocycles. The first-order chi connectivity index (χ1) is 6.39. The van der Waals surface area contributed by atoms with Gasteiger partial charge >= 0.3 is 11.9 Å². The van der Waals surface area contributed by atoms with Crippen LogP contribution >= 0.6 is 7.51 Å². The average molecular weight is 257 g/mol. The van der Waals surface area contributed by atoms with Crippen molar-refractivity contribution >= 4 is 19.4 Å². The van der Waals surface area contributed by atoms with Crippen LogP contribution in [0.5, 0.6) is 0 Å². The van der Waals surface area contributed by atoms with Crippen LogP contribution in [-0.2, 0) is 18.6 Å².